The predicted molar refractivity (Wildman–Crippen MR) is 81.2 cm³/mol. The minimum absolute atomic E-state index is 0.225. The van der Waals surface area contributed by atoms with E-state index in [1.165, 1.54) is 5.69 Å². The molecule has 0 aliphatic heterocycles. The molecule has 0 spiro atoms. The Hall–Kier alpha value is -1.36. The van der Waals surface area contributed by atoms with Crippen molar-refractivity contribution in [2.45, 2.75) is 19.1 Å². The molecule has 2 atom stereocenters. The average Bonchev–Trinajstić information content (AvgIpc) is 3.05. The zero-order chi connectivity index (χ0) is 13.7. The molecule has 0 aliphatic carbocycles. The molecule has 0 radical (unpaired) electrons. The number of aromatic nitrogens is 1. The first-order chi connectivity index (χ1) is 9.16. The van der Waals surface area contributed by atoms with Gasteiger partial charge in [-0.1, -0.05) is 6.08 Å². The lowest BCUT2D eigenvalue weighted by Crippen LogP contribution is -2.28. The number of hydrogen-bond acceptors (Lipinski definition) is 3. The zero-order valence-corrected chi connectivity index (χ0v) is 12.1. The van der Waals surface area contributed by atoms with Crippen LogP contribution in [0.5, 0.6) is 0 Å². The normalized spacial score (nSPS) is 14.9. The van der Waals surface area contributed by atoms with Crippen molar-refractivity contribution in [2.75, 3.05) is 6.54 Å². The van der Waals surface area contributed by atoms with Crippen molar-refractivity contribution in [1.82, 2.24) is 9.88 Å². The van der Waals surface area contributed by atoms with Crippen molar-refractivity contribution in [1.29, 1.82) is 0 Å². The highest BCUT2D eigenvalue weighted by Gasteiger charge is 2.08. The first-order valence-electron chi connectivity index (χ1n) is 6.40. The van der Waals surface area contributed by atoms with Gasteiger partial charge in [-0.05, 0) is 47.5 Å². The molecule has 0 bridgehead atoms. The lowest BCUT2D eigenvalue weighted by Gasteiger charge is -2.13. The van der Waals surface area contributed by atoms with Crippen molar-refractivity contribution >= 4 is 17.4 Å². The van der Waals surface area contributed by atoms with Crippen LogP contribution in [0, 0.1) is 0 Å². The van der Waals surface area contributed by atoms with E-state index in [4.69, 9.17) is 0 Å². The Bertz CT molecular complexity index is 516. The minimum Gasteiger partial charge on any atom is -0.387 e. The number of rotatable bonds is 6. The number of aryl methyl sites for hydroxylation is 1. The fourth-order valence-corrected chi connectivity index (χ4v) is 2.55. The quantitative estimate of drug-likeness (QED) is 0.851. The second kappa shape index (κ2) is 6.70. The third-order valence-electron chi connectivity index (χ3n) is 3.10. The van der Waals surface area contributed by atoms with Crippen LogP contribution in [0.25, 0.3) is 6.08 Å². The Morgan fingerprint density at radius 2 is 2.32 bits per heavy atom. The van der Waals surface area contributed by atoms with Crippen LogP contribution in [0.3, 0.4) is 0 Å². The van der Waals surface area contributed by atoms with Gasteiger partial charge in [-0.2, -0.15) is 11.3 Å². The molecule has 0 saturated heterocycles. The minimum atomic E-state index is -0.433. The summed E-state index contributed by atoms with van der Waals surface area (Å²) in [6.07, 6.45) is 5.79. The molecule has 0 aromatic carbocycles. The highest BCUT2D eigenvalue weighted by atomic mass is 32.1. The van der Waals surface area contributed by atoms with Gasteiger partial charge in [0.25, 0.3) is 0 Å². The molecule has 2 N–H and O–H groups in total. The van der Waals surface area contributed by atoms with Crippen LogP contribution >= 0.6 is 11.3 Å². The fourth-order valence-electron chi connectivity index (χ4n) is 1.84. The van der Waals surface area contributed by atoms with E-state index >= 15 is 0 Å². The number of aliphatic hydroxyl groups is 1. The lowest BCUT2D eigenvalue weighted by molar-refractivity contribution is 0.173. The fraction of sp³-hybridized carbons (Fsp3) is 0.333. The summed E-state index contributed by atoms with van der Waals surface area (Å²) in [6.45, 7) is 2.65. The Labute approximate surface area is 118 Å². The van der Waals surface area contributed by atoms with E-state index in [-0.39, 0.29) is 6.04 Å². The summed E-state index contributed by atoms with van der Waals surface area (Å²) in [6, 6.07) is 6.28. The van der Waals surface area contributed by atoms with E-state index in [9.17, 15) is 5.11 Å². The van der Waals surface area contributed by atoms with Gasteiger partial charge in [0.05, 0.1) is 6.10 Å². The maximum atomic E-state index is 9.97. The number of nitrogens with zero attached hydrogens (tertiary/aromatic N) is 1. The molecule has 2 aromatic heterocycles. The molecule has 2 aromatic rings. The monoisotopic (exact) mass is 276 g/mol. The third-order valence-corrected chi connectivity index (χ3v) is 3.80. The van der Waals surface area contributed by atoms with Crippen molar-refractivity contribution < 1.29 is 5.11 Å². The molecule has 0 amide bonds. The molecule has 0 fully saturated rings. The highest BCUT2D eigenvalue weighted by molar-refractivity contribution is 7.07. The Morgan fingerprint density at radius 3 is 2.95 bits per heavy atom. The molecule has 2 heterocycles. The standard InChI is InChI=1S/C15H20N2OS/c1-12(5-6-14-4-3-8-17(14)2)16-10-15(18)13-7-9-19-11-13/h3-9,11-12,15-16,18H,10H2,1-2H3/b6-5+. The molecular weight excluding hydrogens is 256 g/mol. The van der Waals surface area contributed by atoms with Gasteiger partial charge in [0.1, 0.15) is 0 Å². The van der Waals surface area contributed by atoms with Gasteiger partial charge < -0.3 is 15.0 Å². The maximum absolute atomic E-state index is 9.97. The number of hydrogen-bond donors (Lipinski definition) is 2. The zero-order valence-electron chi connectivity index (χ0n) is 11.3. The van der Waals surface area contributed by atoms with Crippen molar-refractivity contribution in [2.24, 2.45) is 7.05 Å². The molecule has 19 heavy (non-hydrogen) atoms. The predicted octanol–water partition coefficient (Wildman–Crippen LogP) is 2.81. The first-order valence-corrected chi connectivity index (χ1v) is 7.34. The molecule has 3 nitrogen and oxygen atoms in total. The van der Waals surface area contributed by atoms with Gasteiger partial charge in [-0.15, -0.1) is 0 Å². The van der Waals surface area contributed by atoms with Crippen LogP contribution < -0.4 is 5.32 Å². The van der Waals surface area contributed by atoms with E-state index in [1.54, 1.807) is 11.3 Å². The van der Waals surface area contributed by atoms with Crippen LogP contribution in [0.2, 0.25) is 0 Å². The second-order valence-electron chi connectivity index (χ2n) is 4.67. The van der Waals surface area contributed by atoms with Gasteiger partial charge in [0.2, 0.25) is 0 Å². The van der Waals surface area contributed by atoms with Crippen molar-refractivity contribution in [3.63, 3.8) is 0 Å². The Morgan fingerprint density at radius 1 is 1.47 bits per heavy atom. The number of thiophene rings is 1. The van der Waals surface area contributed by atoms with E-state index in [2.05, 4.69) is 35.0 Å². The summed E-state index contributed by atoms with van der Waals surface area (Å²) in [5, 5.41) is 17.2. The van der Waals surface area contributed by atoms with Gasteiger partial charge in [-0.3, -0.25) is 0 Å². The van der Waals surface area contributed by atoms with Crippen LogP contribution in [0.4, 0.5) is 0 Å². The Balaban J connectivity index is 1.80. The van der Waals surface area contributed by atoms with Crippen LogP contribution in [-0.4, -0.2) is 22.3 Å². The van der Waals surface area contributed by atoms with Crippen LogP contribution in [0.1, 0.15) is 24.3 Å². The largest absolute Gasteiger partial charge is 0.387 e. The van der Waals surface area contributed by atoms with Crippen LogP contribution in [0.15, 0.2) is 41.2 Å². The van der Waals surface area contributed by atoms with Gasteiger partial charge in [-0.25, -0.2) is 0 Å². The molecule has 0 saturated carbocycles. The third kappa shape index (κ3) is 4.06. The molecule has 2 unspecified atom stereocenters. The summed E-state index contributed by atoms with van der Waals surface area (Å²) in [4.78, 5) is 0. The highest BCUT2D eigenvalue weighted by Crippen LogP contribution is 2.15. The van der Waals surface area contributed by atoms with Crippen LogP contribution in [-0.2, 0) is 7.05 Å². The number of nitrogens with one attached hydrogen (secondary N) is 1. The maximum Gasteiger partial charge on any atom is 0.0922 e. The summed E-state index contributed by atoms with van der Waals surface area (Å²) < 4.78 is 2.07. The topological polar surface area (TPSA) is 37.2 Å². The molecule has 4 heteroatoms. The average molecular weight is 276 g/mol. The van der Waals surface area contributed by atoms with E-state index in [0.29, 0.717) is 6.54 Å². The molecular formula is C15H20N2OS. The summed E-state index contributed by atoms with van der Waals surface area (Å²) in [5.41, 5.74) is 2.16. The van der Waals surface area contributed by atoms with Crippen molar-refractivity contribution in [3.05, 3.63) is 52.5 Å². The summed E-state index contributed by atoms with van der Waals surface area (Å²) in [5.74, 6) is 0. The second-order valence-corrected chi connectivity index (χ2v) is 5.45. The summed E-state index contributed by atoms with van der Waals surface area (Å²) in [7, 11) is 2.03. The molecule has 2 rings (SSSR count). The van der Waals surface area contributed by atoms with E-state index in [0.717, 1.165) is 5.56 Å². The lowest BCUT2D eigenvalue weighted by atomic mass is 10.2. The van der Waals surface area contributed by atoms with Gasteiger partial charge in [0.15, 0.2) is 0 Å². The van der Waals surface area contributed by atoms with E-state index in [1.807, 2.05) is 36.1 Å². The molecule has 102 valence electrons. The van der Waals surface area contributed by atoms with E-state index < -0.39 is 6.10 Å². The van der Waals surface area contributed by atoms with Gasteiger partial charge >= 0.3 is 0 Å². The molecule has 0 aliphatic rings. The smallest absolute Gasteiger partial charge is 0.0922 e. The number of aliphatic hydroxyl groups excluding tert-OH is 1. The summed E-state index contributed by atoms with van der Waals surface area (Å²) >= 11 is 1.61. The van der Waals surface area contributed by atoms with Gasteiger partial charge in [0, 0.05) is 31.5 Å². The van der Waals surface area contributed by atoms with Crippen molar-refractivity contribution in [3.8, 4) is 0 Å². The SMILES string of the molecule is CC(/C=C/c1cccn1C)NCC(O)c1ccsc1. The Kier molecular flexibility index (Phi) is 4.96. The first kappa shape index (κ1) is 14.1.